The second kappa shape index (κ2) is 9.33. The van der Waals surface area contributed by atoms with Gasteiger partial charge in [0.1, 0.15) is 18.5 Å². The van der Waals surface area contributed by atoms with E-state index in [1.54, 1.807) is 30.3 Å². The molecule has 1 heterocycles. The van der Waals surface area contributed by atoms with Crippen molar-refractivity contribution in [2.75, 3.05) is 0 Å². The molecule has 0 unspecified atom stereocenters. The molecule has 33 heavy (non-hydrogen) atoms. The van der Waals surface area contributed by atoms with Gasteiger partial charge in [-0.05, 0) is 54.0 Å². The molecule has 9 heteroatoms. The van der Waals surface area contributed by atoms with E-state index in [1.165, 1.54) is 12.1 Å². The lowest BCUT2D eigenvalue weighted by molar-refractivity contribution is -0.384. The lowest BCUT2D eigenvalue weighted by Crippen LogP contribution is -1.98. The van der Waals surface area contributed by atoms with E-state index in [0.717, 1.165) is 16.6 Å². The van der Waals surface area contributed by atoms with Crippen molar-refractivity contribution in [2.45, 2.75) is 13.5 Å². The number of hydrogen-bond donors (Lipinski definition) is 1. The molecule has 0 aliphatic heterocycles. The number of imidazole rings is 1. The standard InChI is InChI=1S/C24H16Cl2N4O3/c1-14-5-6-21-22(7-14)29-24(28-21)17(12-27)8-16-10-19(25)23(20(26)11-16)33-13-15-3-2-4-18(9-15)30(31)32/h2-11H,13H2,1H3,(H,28,29)/b17-8-. The molecule has 0 saturated heterocycles. The van der Waals surface area contributed by atoms with Crippen LogP contribution in [0.3, 0.4) is 0 Å². The molecule has 0 atom stereocenters. The van der Waals surface area contributed by atoms with Crippen LogP contribution < -0.4 is 4.74 Å². The van der Waals surface area contributed by atoms with Crippen molar-refractivity contribution in [1.82, 2.24) is 9.97 Å². The van der Waals surface area contributed by atoms with Crippen LogP contribution in [0.1, 0.15) is 22.5 Å². The van der Waals surface area contributed by atoms with Gasteiger partial charge in [-0.15, -0.1) is 0 Å². The highest BCUT2D eigenvalue weighted by Gasteiger charge is 2.13. The van der Waals surface area contributed by atoms with Gasteiger partial charge in [-0.25, -0.2) is 4.98 Å². The van der Waals surface area contributed by atoms with Crippen molar-refractivity contribution in [1.29, 1.82) is 5.26 Å². The molecule has 0 bridgehead atoms. The number of hydrogen-bond acceptors (Lipinski definition) is 5. The van der Waals surface area contributed by atoms with E-state index in [4.69, 9.17) is 27.9 Å². The van der Waals surface area contributed by atoms with E-state index in [0.29, 0.717) is 22.5 Å². The Morgan fingerprint density at radius 3 is 2.67 bits per heavy atom. The van der Waals surface area contributed by atoms with Gasteiger partial charge in [-0.1, -0.05) is 41.4 Å². The molecule has 0 spiro atoms. The number of H-pyrrole nitrogens is 1. The zero-order valence-electron chi connectivity index (χ0n) is 17.3. The SMILES string of the molecule is Cc1ccc2nc(/C(C#N)=C\c3cc(Cl)c(OCc4cccc([N+](=O)[O-])c4)c(Cl)c3)[nH]c2c1. The normalized spacial score (nSPS) is 11.4. The van der Waals surface area contributed by atoms with Crippen LogP contribution in [0.2, 0.25) is 10.0 Å². The Kier molecular flexibility index (Phi) is 6.31. The van der Waals surface area contributed by atoms with Gasteiger partial charge in [-0.3, -0.25) is 10.1 Å². The molecule has 0 fully saturated rings. The zero-order valence-corrected chi connectivity index (χ0v) is 18.8. The molecule has 1 N–H and O–H groups in total. The number of nitro groups is 1. The molecular formula is C24H16Cl2N4O3. The topological polar surface area (TPSA) is 105 Å². The molecule has 0 amide bonds. The first-order chi connectivity index (χ1) is 15.8. The van der Waals surface area contributed by atoms with Gasteiger partial charge in [-0.2, -0.15) is 5.26 Å². The fourth-order valence-corrected chi connectivity index (χ4v) is 3.90. The van der Waals surface area contributed by atoms with Crippen molar-refractivity contribution in [3.63, 3.8) is 0 Å². The molecule has 4 rings (SSSR count). The minimum atomic E-state index is -0.472. The lowest BCUT2D eigenvalue weighted by atomic mass is 10.1. The number of aryl methyl sites for hydroxylation is 1. The van der Waals surface area contributed by atoms with Crippen molar-refractivity contribution < 1.29 is 9.66 Å². The Morgan fingerprint density at radius 1 is 1.21 bits per heavy atom. The van der Waals surface area contributed by atoms with Crippen molar-refractivity contribution >= 4 is 51.6 Å². The average molecular weight is 479 g/mol. The van der Waals surface area contributed by atoms with Gasteiger partial charge in [0.15, 0.2) is 5.75 Å². The predicted octanol–water partition coefficient (Wildman–Crippen LogP) is 6.73. The number of nitrogens with one attached hydrogen (secondary N) is 1. The van der Waals surface area contributed by atoms with Gasteiger partial charge in [0.25, 0.3) is 5.69 Å². The van der Waals surface area contributed by atoms with E-state index < -0.39 is 4.92 Å². The Balaban J connectivity index is 1.59. The second-order valence-corrected chi connectivity index (χ2v) is 8.12. The van der Waals surface area contributed by atoms with Crippen LogP contribution in [0.4, 0.5) is 5.69 Å². The van der Waals surface area contributed by atoms with Crippen molar-refractivity contribution in [3.05, 3.63) is 97.3 Å². The number of aromatic amines is 1. The highest BCUT2D eigenvalue weighted by molar-refractivity contribution is 6.37. The molecule has 3 aromatic carbocycles. The molecule has 164 valence electrons. The van der Waals surface area contributed by atoms with E-state index in [2.05, 4.69) is 16.0 Å². The van der Waals surface area contributed by atoms with Crippen LogP contribution in [-0.2, 0) is 6.61 Å². The maximum absolute atomic E-state index is 10.9. The van der Waals surface area contributed by atoms with Gasteiger partial charge in [0.2, 0.25) is 0 Å². The van der Waals surface area contributed by atoms with Crippen molar-refractivity contribution in [2.24, 2.45) is 0 Å². The highest BCUT2D eigenvalue weighted by atomic mass is 35.5. The summed E-state index contributed by atoms with van der Waals surface area (Å²) in [5, 5.41) is 21.1. The fraction of sp³-hybridized carbons (Fsp3) is 0.0833. The number of nitriles is 1. The van der Waals surface area contributed by atoms with E-state index in [9.17, 15) is 15.4 Å². The minimum absolute atomic E-state index is 0.0291. The van der Waals surface area contributed by atoms with E-state index in [-0.39, 0.29) is 28.1 Å². The number of fused-ring (bicyclic) bond motifs is 1. The maximum atomic E-state index is 10.9. The largest absolute Gasteiger partial charge is 0.486 e. The Hall–Kier alpha value is -3.86. The predicted molar refractivity (Wildman–Crippen MR) is 128 cm³/mol. The second-order valence-electron chi connectivity index (χ2n) is 7.31. The first-order valence-electron chi connectivity index (χ1n) is 9.78. The smallest absolute Gasteiger partial charge is 0.269 e. The number of benzene rings is 3. The van der Waals surface area contributed by atoms with Crippen LogP contribution in [0, 0.1) is 28.4 Å². The summed E-state index contributed by atoms with van der Waals surface area (Å²) in [5.41, 5.74) is 4.18. The van der Waals surface area contributed by atoms with Crippen LogP contribution >= 0.6 is 23.2 Å². The Labute approximate surface area is 199 Å². The summed E-state index contributed by atoms with van der Waals surface area (Å²) in [5.74, 6) is 0.691. The number of aromatic nitrogens is 2. The highest BCUT2D eigenvalue weighted by Crippen LogP contribution is 2.36. The summed E-state index contributed by atoms with van der Waals surface area (Å²) in [6.07, 6.45) is 1.63. The molecule has 7 nitrogen and oxygen atoms in total. The zero-order chi connectivity index (χ0) is 23.5. The van der Waals surface area contributed by atoms with Gasteiger partial charge < -0.3 is 9.72 Å². The quantitative estimate of drug-likeness (QED) is 0.188. The number of nitro benzene ring substituents is 1. The minimum Gasteiger partial charge on any atom is -0.486 e. The number of allylic oxidation sites excluding steroid dienone is 1. The maximum Gasteiger partial charge on any atom is 0.269 e. The third-order valence-corrected chi connectivity index (χ3v) is 5.41. The summed E-state index contributed by atoms with van der Waals surface area (Å²) in [4.78, 5) is 18.1. The van der Waals surface area contributed by atoms with Gasteiger partial charge in [0, 0.05) is 12.1 Å². The van der Waals surface area contributed by atoms with Crippen LogP contribution in [0.15, 0.2) is 54.6 Å². The number of rotatable bonds is 6. The third-order valence-electron chi connectivity index (χ3n) is 4.85. The van der Waals surface area contributed by atoms with Crippen LogP contribution in [-0.4, -0.2) is 14.9 Å². The molecular weight excluding hydrogens is 463 g/mol. The Bertz CT molecular complexity index is 1430. The Morgan fingerprint density at radius 2 is 1.97 bits per heavy atom. The number of nitrogens with zero attached hydrogens (tertiary/aromatic N) is 3. The summed E-state index contributed by atoms with van der Waals surface area (Å²) in [7, 11) is 0. The monoisotopic (exact) mass is 478 g/mol. The fourth-order valence-electron chi connectivity index (χ4n) is 3.29. The van der Waals surface area contributed by atoms with Crippen LogP contribution in [0.5, 0.6) is 5.75 Å². The summed E-state index contributed by atoms with van der Waals surface area (Å²) in [6.45, 7) is 2.03. The summed E-state index contributed by atoms with van der Waals surface area (Å²) >= 11 is 12.8. The number of ether oxygens (including phenoxy) is 1. The lowest BCUT2D eigenvalue weighted by Gasteiger charge is -2.11. The average Bonchev–Trinajstić information content (AvgIpc) is 3.20. The molecule has 0 saturated carbocycles. The first-order valence-corrected chi connectivity index (χ1v) is 10.5. The molecule has 0 aliphatic carbocycles. The number of halogens is 2. The third kappa shape index (κ3) is 4.98. The molecule has 0 aliphatic rings. The van der Waals surface area contributed by atoms with Crippen molar-refractivity contribution in [3.8, 4) is 11.8 Å². The summed E-state index contributed by atoms with van der Waals surface area (Å²) in [6, 6.07) is 17.3. The first kappa shape index (κ1) is 22.3. The van der Waals surface area contributed by atoms with E-state index >= 15 is 0 Å². The van der Waals surface area contributed by atoms with Gasteiger partial charge in [0.05, 0.1) is 31.6 Å². The molecule has 0 radical (unpaired) electrons. The summed E-state index contributed by atoms with van der Waals surface area (Å²) < 4.78 is 5.72. The van der Waals surface area contributed by atoms with Crippen LogP contribution in [0.25, 0.3) is 22.7 Å². The number of non-ortho nitro benzene ring substituents is 1. The van der Waals surface area contributed by atoms with Gasteiger partial charge >= 0.3 is 0 Å². The molecule has 4 aromatic rings. The molecule has 1 aromatic heterocycles. The van der Waals surface area contributed by atoms with E-state index in [1.807, 2.05) is 25.1 Å².